The van der Waals surface area contributed by atoms with E-state index < -0.39 is 16.0 Å². The van der Waals surface area contributed by atoms with Crippen LogP contribution < -0.4 is 4.72 Å². The van der Waals surface area contributed by atoms with Gasteiger partial charge in [0.25, 0.3) is 0 Å². The Bertz CT molecular complexity index is 646. The van der Waals surface area contributed by atoms with Crippen molar-refractivity contribution in [3.05, 3.63) is 28.5 Å². The molecule has 2 rings (SSSR count). The summed E-state index contributed by atoms with van der Waals surface area (Å²) in [5, 5.41) is 13.7. The fraction of sp³-hybridized carbons (Fsp3) is 0.125. The smallest absolute Gasteiger partial charge is 0.347 e. The highest BCUT2D eigenvalue weighted by atomic mass is 32.2. The molecule has 0 saturated heterocycles. The molecule has 0 spiro atoms. The van der Waals surface area contributed by atoms with Crippen molar-refractivity contribution in [1.82, 2.24) is 14.9 Å². The lowest BCUT2D eigenvalue weighted by molar-refractivity contribution is 0.0698. The van der Waals surface area contributed by atoms with Gasteiger partial charge < -0.3 is 9.63 Å². The molecular formula is C8H7N3O5S2. The van der Waals surface area contributed by atoms with Crippen LogP contribution >= 0.6 is 11.3 Å². The van der Waals surface area contributed by atoms with Crippen LogP contribution in [-0.4, -0.2) is 29.6 Å². The number of carbonyl (C=O) groups is 1. The van der Waals surface area contributed by atoms with Crippen LogP contribution in [0.2, 0.25) is 0 Å². The van der Waals surface area contributed by atoms with Gasteiger partial charge in [0, 0.05) is 0 Å². The third-order valence-electron chi connectivity index (χ3n) is 1.94. The summed E-state index contributed by atoms with van der Waals surface area (Å²) in [6, 6.07) is 1.23. The van der Waals surface area contributed by atoms with Gasteiger partial charge in [-0.2, -0.15) is 4.98 Å². The van der Waals surface area contributed by atoms with Crippen molar-refractivity contribution < 1.29 is 22.8 Å². The number of carboxylic acid groups (broad SMARTS) is 1. The topological polar surface area (TPSA) is 122 Å². The van der Waals surface area contributed by atoms with Gasteiger partial charge in [-0.05, 0) is 11.4 Å². The Morgan fingerprint density at radius 2 is 2.33 bits per heavy atom. The van der Waals surface area contributed by atoms with E-state index in [2.05, 4.69) is 19.4 Å². The molecular weight excluding hydrogens is 282 g/mol. The Labute approximate surface area is 105 Å². The van der Waals surface area contributed by atoms with Gasteiger partial charge in [-0.3, -0.25) is 0 Å². The molecule has 96 valence electrons. The molecule has 0 bridgehead atoms. The SMILES string of the molecule is O=C(O)c1sccc1S(=O)(=O)NCc1ncon1. The zero-order valence-electron chi connectivity index (χ0n) is 8.73. The maximum atomic E-state index is 11.9. The van der Waals surface area contributed by atoms with Crippen LogP contribution in [0, 0.1) is 0 Å². The largest absolute Gasteiger partial charge is 0.477 e. The van der Waals surface area contributed by atoms with Gasteiger partial charge in [0.05, 0.1) is 6.54 Å². The van der Waals surface area contributed by atoms with Crippen molar-refractivity contribution in [2.45, 2.75) is 11.4 Å². The molecule has 0 aromatic carbocycles. The summed E-state index contributed by atoms with van der Waals surface area (Å²) in [5.41, 5.74) is 0. The van der Waals surface area contributed by atoms with Crippen LogP contribution in [0.5, 0.6) is 0 Å². The molecule has 0 atom stereocenters. The first-order valence-electron chi connectivity index (χ1n) is 4.56. The minimum atomic E-state index is -3.91. The fourth-order valence-corrected chi connectivity index (χ4v) is 3.41. The number of sulfonamides is 1. The molecule has 0 radical (unpaired) electrons. The van der Waals surface area contributed by atoms with Crippen molar-refractivity contribution in [3.8, 4) is 0 Å². The van der Waals surface area contributed by atoms with Crippen molar-refractivity contribution in [2.75, 3.05) is 0 Å². The highest BCUT2D eigenvalue weighted by Crippen LogP contribution is 2.21. The highest BCUT2D eigenvalue weighted by molar-refractivity contribution is 7.89. The van der Waals surface area contributed by atoms with Gasteiger partial charge in [-0.15, -0.1) is 11.3 Å². The predicted octanol–water partition coefficient (Wildman–Crippen LogP) is 0.308. The van der Waals surface area contributed by atoms with E-state index >= 15 is 0 Å². The summed E-state index contributed by atoms with van der Waals surface area (Å²) < 4.78 is 30.4. The van der Waals surface area contributed by atoms with Gasteiger partial charge in [-0.25, -0.2) is 17.9 Å². The molecule has 0 aliphatic heterocycles. The lowest BCUT2D eigenvalue weighted by atomic mass is 10.5. The molecule has 0 amide bonds. The minimum absolute atomic E-state index is 0.158. The second kappa shape index (κ2) is 4.84. The Kier molecular flexibility index (Phi) is 3.41. The molecule has 0 aliphatic rings. The van der Waals surface area contributed by atoms with Gasteiger partial charge in [0.15, 0.2) is 5.82 Å². The van der Waals surface area contributed by atoms with Crippen molar-refractivity contribution >= 4 is 27.3 Å². The molecule has 2 aromatic heterocycles. The van der Waals surface area contributed by atoms with Gasteiger partial charge >= 0.3 is 5.97 Å². The van der Waals surface area contributed by atoms with Crippen molar-refractivity contribution in [2.24, 2.45) is 0 Å². The average molecular weight is 289 g/mol. The predicted molar refractivity (Wildman–Crippen MR) is 59.6 cm³/mol. The zero-order chi connectivity index (χ0) is 13.2. The normalized spacial score (nSPS) is 11.6. The van der Waals surface area contributed by atoms with E-state index in [0.717, 1.165) is 17.7 Å². The Morgan fingerprint density at radius 3 is 2.94 bits per heavy atom. The number of aromatic nitrogens is 2. The maximum absolute atomic E-state index is 11.9. The number of carboxylic acids is 1. The van der Waals surface area contributed by atoms with Crippen LogP contribution in [0.3, 0.4) is 0 Å². The van der Waals surface area contributed by atoms with Gasteiger partial charge in [0.1, 0.15) is 9.77 Å². The number of thiophene rings is 1. The van der Waals surface area contributed by atoms with E-state index in [1.54, 1.807) is 0 Å². The summed E-state index contributed by atoms with van der Waals surface area (Å²) in [5.74, 6) is -1.13. The number of nitrogens with zero attached hydrogens (tertiary/aromatic N) is 2. The van der Waals surface area contributed by atoms with Crippen LogP contribution in [0.25, 0.3) is 0 Å². The first-order chi connectivity index (χ1) is 8.50. The Morgan fingerprint density at radius 1 is 1.56 bits per heavy atom. The monoisotopic (exact) mass is 289 g/mol. The summed E-state index contributed by atoms with van der Waals surface area (Å²) >= 11 is 0.839. The van der Waals surface area contributed by atoms with Crippen LogP contribution in [-0.2, 0) is 16.6 Å². The second-order valence-electron chi connectivity index (χ2n) is 3.09. The molecule has 18 heavy (non-hydrogen) atoms. The third-order valence-corrected chi connectivity index (χ3v) is 4.42. The Hall–Kier alpha value is -1.78. The first-order valence-corrected chi connectivity index (χ1v) is 6.92. The van der Waals surface area contributed by atoms with E-state index in [4.69, 9.17) is 5.11 Å². The summed E-state index contributed by atoms with van der Waals surface area (Å²) in [7, 11) is -3.91. The highest BCUT2D eigenvalue weighted by Gasteiger charge is 2.23. The molecule has 10 heteroatoms. The summed E-state index contributed by atoms with van der Waals surface area (Å²) in [6.07, 6.45) is 1.07. The van der Waals surface area contributed by atoms with E-state index in [0.29, 0.717) is 0 Å². The quantitative estimate of drug-likeness (QED) is 0.811. The van der Waals surface area contributed by atoms with Crippen LogP contribution in [0.15, 0.2) is 27.3 Å². The van der Waals surface area contributed by atoms with Gasteiger partial charge in [-0.1, -0.05) is 5.16 Å². The Balaban J connectivity index is 2.20. The second-order valence-corrected chi connectivity index (χ2v) is 5.74. The molecule has 0 aliphatic carbocycles. The fourth-order valence-electron chi connectivity index (χ4n) is 1.17. The van der Waals surface area contributed by atoms with Crippen LogP contribution in [0.1, 0.15) is 15.5 Å². The molecule has 2 aromatic rings. The van der Waals surface area contributed by atoms with Gasteiger partial charge in [0.2, 0.25) is 16.4 Å². The lowest BCUT2D eigenvalue weighted by Gasteiger charge is -2.03. The molecule has 8 nitrogen and oxygen atoms in total. The van der Waals surface area contributed by atoms with Crippen molar-refractivity contribution in [3.63, 3.8) is 0 Å². The third kappa shape index (κ3) is 2.55. The number of aromatic carboxylic acids is 1. The average Bonchev–Trinajstić information content (AvgIpc) is 2.98. The zero-order valence-corrected chi connectivity index (χ0v) is 10.4. The van der Waals surface area contributed by atoms with E-state index in [-0.39, 0.29) is 22.1 Å². The molecule has 2 heterocycles. The number of rotatable bonds is 5. The number of hydrogen-bond donors (Lipinski definition) is 2. The summed E-state index contributed by atoms with van der Waals surface area (Å²) in [4.78, 5) is 14.0. The molecule has 2 N–H and O–H groups in total. The van der Waals surface area contributed by atoms with E-state index in [1.807, 2.05) is 0 Å². The lowest BCUT2D eigenvalue weighted by Crippen LogP contribution is -2.24. The minimum Gasteiger partial charge on any atom is -0.477 e. The van der Waals surface area contributed by atoms with Crippen LogP contribution in [0.4, 0.5) is 0 Å². The maximum Gasteiger partial charge on any atom is 0.347 e. The number of hydrogen-bond acceptors (Lipinski definition) is 7. The van der Waals surface area contributed by atoms with E-state index in [1.165, 1.54) is 11.4 Å². The summed E-state index contributed by atoms with van der Waals surface area (Å²) in [6.45, 7) is -0.173. The standard InChI is InChI=1S/C8H7N3O5S2/c12-8(13)7-5(1-2-17-7)18(14,15)10-3-6-9-4-16-11-6/h1-2,4,10H,3H2,(H,12,13). The van der Waals surface area contributed by atoms with E-state index in [9.17, 15) is 13.2 Å². The number of nitrogens with one attached hydrogen (secondary N) is 1. The molecule has 0 saturated carbocycles. The van der Waals surface area contributed by atoms with Crippen molar-refractivity contribution in [1.29, 1.82) is 0 Å². The molecule has 0 fully saturated rings. The first kappa shape index (κ1) is 12.7. The molecule has 0 unspecified atom stereocenters.